The van der Waals surface area contributed by atoms with Gasteiger partial charge in [-0.2, -0.15) is 0 Å². The van der Waals surface area contributed by atoms with Gasteiger partial charge >= 0.3 is 0 Å². The first kappa shape index (κ1) is 33.5. The van der Waals surface area contributed by atoms with E-state index in [4.69, 9.17) is 9.97 Å². The quantitative estimate of drug-likeness (QED) is 0.169. The van der Waals surface area contributed by atoms with Crippen LogP contribution in [0.1, 0.15) is 0 Å². The van der Waals surface area contributed by atoms with Gasteiger partial charge in [0.05, 0.1) is 11.4 Å². The third-order valence-electron chi connectivity index (χ3n) is 10.7. The monoisotopic (exact) mass is 767 g/mol. The van der Waals surface area contributed by atoms with E-state index in [1.807, 2.05) is 47.1 Å². The molecular formula is C51H30FN3S2. The lowest BCUT2D eigenvalue weighted by molar-refractivity contribution is 0.628. The summed E-state index contributed by atoms with van der Waals surface area (Å²) in [6.45, 7) is 0. The van der Waals surface area contributed by atoms with Gasteiger partial charge in [-0.3, -0.25) is 4.98 Å². The summed E-state index contributed by atoms with van der Waals surface area (Å²) in [5.74, 6) is 0.216. The van der Waals surface area contributed by atoms with Gasteiger partial charge in [-0.25, -0.2) is 14.4 Å². The number of thiophene rings is 2. The van der Waals surface area contributed by atoms with Crippen LogP contribution in [0.2, 0.25) is 0 Å². The number of nitrogens with zero attached hydrogens (tertiary/aromatic N) is 3. The molecule has 4 heterocycles. The van der Waals surface area contributed by atoms with Crippen LogP contribution in [-0.4, -0.2) is 15.0 Å². The van der Waals surface area contributed by atoms with Crippen molar-refractivity contribution in [2.24, 2.45) is 0 Å². The lowest BCUT2D eigenvalue weighted by atomic mass is 9.93. The highest BCUT2D eigenvalue weighted by atomic mass is 32.1. The first-order valence-electron chi connectivity index (χ1n) is 18.7. The summed E-state index contributed by atoms with van der Waals surface area (Å²) in [6.07, 6.45) is 3.65. The largest absolute Gasteiger partial charge is 0.264 e. The number of pyridine rings is 1. The molecule has 0 aliphatic carbocycles. The molecule has 57 heavy (non-hydrogen) atoms. The number of rotatable bonds is 6. The van der Waals surface area contributed by atoms with Crippen molar-refractivity contribution in [1.82, 2.24) is 15.0 Å². The Hall–Kier alpha value is -6.86. The van der Waals surface area contributed by atoms with Crippen molar-refractivity contribution in [2.75, 3.05) is 0 Å². The zero-order valence-electron chi connectivity index (χ0n) is 30.4. The first-order chi connectivity index (χ1) is 28.1. The van der Waals surface area contributed by atoms with Crippen molar-refractivity contribution in [2.45, 2.75) is 0 Å². The molecule has 0 N–H and O–H groups in total. The molecule has 0 radical (unpaired) electrons. The van der Waals surface area contributed by atoms with E-state index in [0.29, 0.717) is 5.82 Å². The fourth-order valence-corrected chi connectivity index (χ4v) is 10.0. The predicted molar refractivity (Wildman–Crippen MR) is 238 cm³/mol. The molecule has 11 aromatic rings. The van der Waals surface area contributed by atoms with Gasteiger partial charge in [0.25, 0.3) is 0 Å². The summed E-state index contributed by atoms with van der Waals surface area (Å²) < 4.78 is 19.3. The summed E-state index contributed by atoms with van der Waals surface area (Å²) in [4.78, 5) is 14.8. The highest BCUT2D eigenvalue weighted by molar-refractivity contribution is 7.26. The van der Waals surface area contributed by atoms with Gasteiger partial charge < -0.3 is 0 Å². The third kappa shape index (κ3) is 6.07. The van der Waals surface area contributed by atoms with E-state index in [2.05, 4.69) is 132 Å². The second kappa shape index (κ2) is 13.7. The summed E-state index contributed by atoms with van der Waals surface area (Å²) in [6, 6.07) is 58.4. The molecule has 11 rings (SSSR count). The summed E-state index contributed by atoms with van der Waals surface area (Å²) in [5.41, 5.74) is 10.6. The second-order valence-electron chi connectivity index (χ2n) is 14.2. The van der Waals surface area contributed by atoms with E-state index in [0.717, 1.165) is 61.5 Å². The molecule has 3 nitrogen and oxygen atoms in total. The Morgan fingerprint density at radius 2 is 0.912 bits per heavy atom. The number of benzene rings is 7. The van der Waals surface area contributed by atoms with Crippen LogP contribution < -0.4 is 0 Å². The SMILES string of the molecule is Fc1ccc(-c2nc(-c3cc(-c4ccc5sc6ccccc6c5c4)cc(-c4ccc5sc6ccccc6c5c4)c3)cc(-c3ccccc3-c3cccnc3)n2)cc1. The van der Waals surface area contributed by atoms with Gasteiger partial charge in [-0.05, 0) is 119 Å². The Kier molecular flexibility index (Phi) is 8.05. The first-order valence-corrected chi connectivity index (χ1v) is 20.4. The fraction of sp³-hybridized carbons (Fsp3) is 0. The molecular weight excluding hydrogens is 738 g/mol. The van der Waals surface area contributed by atoms with Gasteiger partial charge in [-0.1, -0.05) is 78.9 Å². The average Bonchev–Trinajstić information content (AvgIpc) is 3.84. The molecule has 0 amide bonds. The molecule has 0 atom stereocenters. The average molecular weight is 768 g/mol. The standard InChI is InChI=1S/C51H30FN3S2/c52-38-19-15-31(16-20-38)51-54-45(29-46(55-51)40-10-2-1-9-39(40)34-8-7-23-53-30-34)37-25-35(32-17-21-49-43(27-32)41-11-3-5-13-47(41)56-49)24-36(26-37)33-18-22-50-44(28-33)42-12-4-6-14-48(42)57-50/h1-30H. The van der Waals surface area contributed by atoms with Crippen LogP contribution in [0.4, 0.5) is 4.39 Å². The predicted octanol–water partition coefficient (Wildman–Crippen LogP) is 14.7. The van der Waals surface area contributed by atoms with Crippen LogP contribution in [0, 0.1) is 5.82 Å². The normalized spacial score (nSPS) is 11.6. The van der Waals surface area contributed by atoms with Crippen molar-refractivity contribution in [3.05, 3.63) is 188 Å². The molecule has 0 unspecified atom stereocenters. The molecule has 0 saturated carbocycles. The van der Waals surface area contributed by atoms with Crippen LogP contribution in [0.3, 0.4) is 0 Å². The van der Waals surface area contributed by atoms with Crippen LogP contribution in [0.5, 0.6) is 0 Å². The Bertz CT molecular complexity index is 3180. The maximum atomic E-state index is 14.2. The van der Waals surface area contributed by atoms with E-state index in [-0.39, 0.29) is 5.82 Å². The van der Waals surface area contributed by atoms with Gasteiger partial charge in [0, 0.05) is 75.0 Å². The summed E-state index contributed by atoms with van der Waals surface area (Å²) in [5, 5.41) is 5.03. The number of aromatic nitrogens is 3. The molecule has 6 heteroatoms. The van der Waals surface area contributed by atoms with Crippen molar-refractivity contribution in [3.63, 3.8) is 0 Å². The molecule has 0 bridgehead atoms. The highest BCUT2D eigenvalue weighted by Gasteiger charge is 2.17. The number of fused-ring (bicyclic) bond motifs is 6. The van der Waals surface area contributed by atoms with Crippen molar-refractivity contribution < 1.29 is 4.39 Å². The van der Waals surface area contributed by atoms with E-state index in [1.54, 1.807) is 18.3 Å². The number of hydrogen-bond acceptors (Lipinski definition) is 5. The Balaban J connectivity index is 1.15. The van der Waals surface area contributed by atoms with Crippen LogP contribution in [0.15, 0.2) is 182 Å². The zero-order chi connectivity index (χ0) is 37.9. The topological polar surface area (TPSA) is 38.7 Å². The zero-order valence-corrected chi connectivity index (χ0v) is 32.0. The molecule has 0 spiro atoms. The van der Waals surface area contributed by atoms with Crippen molar-refractivity contribution >= 4 is 63.0 Å². The maximum absolute atomic E-state index is 14.2. The minimum atomic E-state index is -0.305. The van der Waals surface area contributed by atoms with E-state index < -0.39 is 0 Å². The highest BCUT2D eigenvalue weighted by Crippen LogP contribution is 2.42. The van der Waals surface area contributed by atoms with Gasteiger partial charge in [0.15, 0.2) is 5.82 Å². The molecule has 0 saturated heterocycles. The van der Waals surface area contributed by atoms with Gasteiger partial charge in [-0.15, -0.1) is 22.7 Å². The minimum Gasteiger partial charge on any atom is -0.264 e. The lowest BCUT2D eigenvalue weighted by Gasteiger charge is -2.15. The number of halogens is 1. The van der Waals surface area contributed by atoms with Gasteiger partial charge in [0.1, 0.15) is 5.82 Å². The fourth-order valence-electron chi connectivity index (χ4n) is 7.86. The molecule has 268 valence electrons. The van der Waals surface area contributed by atoms with Crippen molar-refractivity contribution in [1.29, 1.82) is 0 Å². The number of hydrogen-bond donors (Lipinski definition) is 0. The van der Waals surface area contributed by atoms with E-state index in [9.17, 15) is 4.39 Å². The third-order valence-corrected chi connectivity index (χ3v) is 13.0. The maximum Gasteiger partial charge on any atom is 0.160 e. The lowest BCUT2D eigenvalue weighted by Crippen LogP contribution is -1.98. The van der Waals surface area contributed by atoms with Gasteiger partial charge in [0.2, 0.25) is 0 Å². The smallest absolute Gasteiger partial charge is 0.160 e. The van der Waals surface area contributed by atoms with Crippen LogP contribution in [0.25, 0.3) is 108 Å². The Morgan fingerprint density at radius 3 is 1.54 bits per heavy atom. The molecule has 0 fully saturated rings. The minimum absolute atomic E-state index is 0.305. The van der Waals surface area contributed by atoms with Crippen LogP contribution in [-0.2, 0) is 0 Å². The Morgan fingerprint density at radius 1 is 0.368 bits per heavy atom. The summed E-state index contributed by atoms with van der Waals surface area (Å²) >= 11 is 3.65. The van der Waals surface area contributed by atoms with E-state index >= 15 is 0 Å². The Labute approximate surface area is 336 Å². The second-order valence-corrected chi connectivity index (χ2v) is 16.3. The van der Waals surface area contributed by atoms with Crippen molar-refractivity contribution in [3.8, 4) is 67.3 Å². The van der Waals surface area contributed by atoms with E-state index in [1.165, 1.54) is 52.5 Å². The summed E-state index contributed by atoms with van der Waals surface area (Å²) in [7, 11) is 0. The molecule has 0 aliphatic heterocycles. The molecule has 0 aliphatic rings. The molecule has 7 aromatic carbocycles. The van der Waals surface area contributed by atoms with Crippen LogP contribution >= 0.6 is 22.7 Å². The molecule has 4 aromatic heterocycles.